The number of hydrogen-bond donors (Lipinski definition) is 1. The van der Waals surface area contributed by atoms with Crippen LogP contribution in [0.2, 0.25) is 0 Å². The lowest BCUT2D eigenvalue weighted by atomic mass is 10.1. The van der Waals surface area contributed by atoms with Crippen molar-refractivity contribution < 1.29 is 18.0 Å². The minimum absolute atomic E-state index is 0.0392. The van der Waals surface area contributed by atoms with E-state index in [1.165, 1.54) is 18.2 Å². The number of anilines is 1. The van der Waals surface area contributed by atoms with Gasteiger partial charge < -0.3 is 10.6 Å². The third kappa shape index (κ3) is 4.89. The van der Waals surface area contributed by atoms with E-state index < -0.39 is 17.6 Å². The lowest BCUT2D eigenvalue weighted by Crippen LogP contribution is -2.50. The summed E-state index contributed by atoms with van der Waals surface area (Å²) in [6, 6.07) is 6.61. The first-order valence-corrected chi connectivity index (χ1v) is 10.1. The van der Waals surface area contributed by atoms with E-state index in [-0.39, 0.29) is 5.69 Å². The highest BCUT2D eigenvalue weighted by atomic mass is 19.4. The van der Waals surface area contributed by atoms with Gasteiger partial charge in [0.15, 0.2) is 0 Å². The largest absolute Gasteiger partial charge is 0.416 e. The molecule has 1 amide bonds. The molecular weight excluding hydrogens is 395 g/mol. The van der Waals surface area contributed by atoms with Crippen molar-refractivity contribution in [3.05, 3.63) is 41.6 Å². The van der Waals surface area contributed by atoms with E-state index in [2.05, 4.69) is 28.7 Å². The molecule has 0 unspecified atom stereocenters. The van der Waals surface area contributed by atoms with Crippen molar-refractivity contribution in [1.82, 2.24) is 14.9 Å². The Hall–Kier alpha value is -2.68. The number of aromatic nitrogens is 2. The van der Waals surface area contributed by atoms with Crippen molar-refractivity contribution in [3.8, 4) is 11.3 Å². The Labute approximate surface area is 173 Å². The fourth-order valence-corrected chi connectivity index (χ4v) is 3.77. The van der Waals surface area contributed by atoms with Crippen LogP contribution in [0.25, 0.3) is 11.3 Å². The number of carbonyl (C=O) groups excluding carboxylic acids is 1. The van der Waals surface area contributed by atoms with Gasteiger partial charge in [-0.3, -0.25) is 9.69 Å². The highest BCUT2D eigenvalue weighted by Gasteiger charge is 2.30. The summed E-state index contributed by atoms with van der Waals surface area (Å²) in [6.07, 6.45) is -2.24. The minimum atomic E-state index is -4.41. The summed E-state index contributed by atoms with van der Waals surface area (Å²) in [5.74, 6) is -0.340. The first-order valence-electron chi connectivity index (χ1n) is 10.1. The second-order valence-corrected chi connectivity index (χ2v) is 7.37. The van der Waals surface area contributed by atoms with E-state index in [1.54, 1.807) is 0 Å². The van der Waals surface area contributed by atoms with Crippen LogP contribution >= 0.6 is 0 Å². The summed E-state index contributed by atoms with van der Waals surface area (Å²) in [5.41, 5.74) is 5.56. The second kappa shape index (κ2) is 8.99. The number of alkyl halides is 3. The average Bonchev–Trinajstić information content (AvgIpc) is 2.74. The molecular formula is C21H26F3N5O. The number of benzene rings is 1. The Morgan fingerprint density at radius 1 is 1.07 bits per heavy atom. The zero-order valence-electron chi connectivity index (χ0n) is 17.1. The molecule has 1 aromatic carbocycles. The molecule has 1 aromatic heterocycles. The van der Waals surface area contributed by atoms with Crippen molar-refractivity contribution in [2.45, 2.75) is 38.9 Å². The summed E-state index contributed by atoms with van der Waals surface area (Å²) in [5, 5.41) is 0. The smallest absolute Gasteiger partial charge is 0.364 e. The standard InChI is InChI=1S/C21H26F3N5O/c1-3-16(4-2)28-9-11-29(12-10-28)20-26-17(13-18(27-20)19(25)30)14-5-7-15(8-6-14)21(22,23)24/h5-8,13,16H,3-4,9-12H2,1-2H3,(H2,25,30). The molecule has 2 heterocycles. The highest BCUT2D eigenvalue weighted by molar-refractivity contribution is 5.92. The van der Waals surface area contributed by atoms with Gasteiger partial charge in [-0.25, -0.2) is 9.97 Å². The molecule has 2 aromatic rings. The Kier molecular flexibility index (Phi) is 6.60. The predicted octanol–water partition coefficient (Wildman–Crippen LogP) is 3.57. The molecule has 9 heteroatoms. The maximum absolute atomic E-state index is 12.8. The van der Waals surface area contributed by atoms with Gasteiger partial charge >= 0.3 is 6.18 Å². The van der Waals surface area contributed by atoms with Crippen molar-refractivity contribution in [2.75, 3.05) is 31.1 Å². The lowest BCUT2D eigenvalue weighted by Gasteiger charge is -2.39. The molecule has 0 saturated carbocycles. The predicted molar refractivity (Wildman–Crippen MR) is 109 cm³/mol. The Bertz CT molecular complexity index is 873. The third-order valence-electron chi connectivity index (χ3n) is 5.53. The molecule has 2 N–H and O–H groups in total. The van der Waals surface area contributed by atoms with Crippen molar-refractivity contribution >= 4 is 11.9 Å². The number of carbonyl (C=O) groups is 1. The van der Waals surface area contributed by atoms with Crippen molar-refractivity contribution in [2.24, 2.45) is 5.73 Å². The third-order valence-corrected chi connectivity index (χ3v) is 5.53. The fourth-order valence-electron chi connectivity index (χ4n) is 3.77. The molecule has 0 radical (unpaired) electrons. The maximum Gasteiger partial charge on any atom is 0.416 e. The monoisotopic (exact) mass is 421 g/mol. The van der Waals surface area contributed by atoms with E-state index in [9.17, 15) is 18.0 Å². The molecule has 0 atom stereocenters. The average molecular weight is 421 g/mol. The summed E-state index contributed by atoms with van der Waals surface area (Å²) >= 11 is 0. The van der Waals surface area contributed by atoms with Crippen LogP contribution in [0.1, 0.15) is 42.7 Å². The van der Waals surface area contributed by atoms with Gasteiger partial charge in [0.1, 0.15) is 5.69 Å². The van der Waals surface area contributed by atoms with Crippen LogP contribution in [0.4, 0.5) is 19.1 Å². The molecule has 1 fully saturated rings. The van der Waals surface area contributed by atoms with Crippen LogP contribution < -0.4 is 10.6 Å². The Balaban J connectivity index is 1.86. The summed E-state index contributed by atoms with van der Waals surface area (Å²) < 4.78 is 38.5. The van der Waals surface area contributed by atoms with Crippen LogP contribution in [0.3, 0.4) is 0 Å². The molecule has 1 aliphatic rings. The fraction of sp³-hybridized carbons (Fsp3) is 0.476. The number of nitrogens with zero attached hydrogens (tertiary/aromatic N) is 4. The quantitative estimate of drug-likeness (QED) is 0.772. The molecule has 0 aliphatic carbocycles. The zero-order chi connectivity index (χ0) is 21.9. The molecule has 0 bridgehead atoms. The van der Waals surface area contributed by atoms with Gasteiger partial charge in [-0.05, 0) is 31.0 Å². The summed E-state index contributed by atoms with van der Waals surface area (Å²) in [4.78, 5) is 25.0. The SMILES string of the molecule is CCC(CC)N1CCN(c2nc(C(N)=O)cc(-c3ccc(C(F)(F)F)cc3)n2)CC1. The van der Waals surface area contributed by atoms with E-state index in [0.717, 1.165) is 38.1 Å². The minimum Gasteiger partial charge on any atom is -0.364 e. The van der Waals surface area contributed by atoms with E-state index >= 15 is 0 Å². The molecule has 30 heavy (non-hydrogen) atoms. The zero-order valence-corrected chi connectivity index (χ0v) is 17.1. The number of amides is 1. The van der Waals surface area contributed by atoms with Gasteiger partial charge in [-0.1, -0.05) is 26.0 Å². The molecule has 3 rings (SSSR count). The number of hydrogen-bond acceptors (Lipinski definition) is 5. The van der Waals surface area contributed by atoms with Crippen molar-refractivity contribution in [3.63, 3.8) is 0 Å². The molecule has 1 saturated heterocycles. The van der Waals surface area contributed by atoms with Gasteiger partial charge in [0, 0.05) is 37.8 Å². The molecule has 1 aliphatic heterocycles. The van der Waals surface area contributed by atoms with E-state index in [0.29, 0.717) is 36.3 Å². The highest BCUT2D eigenvalue weighted by Crippen LogP contribution is 2.31. The van der Waals surface area contributed by atoms with Crippen LogP contribution in [-0.2, 0) is 6.18 Å². The van der Waals surface area contributed by atoms with Crippen LogP contribution in [-0.4, -0.2) is 53.0 Å². The maximum atomic E-state index is 12.8. The van der Waals surface area contributed by atoms with Gasteiger partial charge in [-0.2, -0.15) is 13.2 Å². The van der Waals surface area contributed by atoms with Gasteiger partial charge in [0.2, 0.25) is 5.95 Å². The lowest BCUT2D eigenvalue weighted by molar-refractivity contribution is -0.137. The van der Waals surface area contributed by atoms with Crippen molar-refractivity contribution in [1.29, 1.82) is 0 Å². The Morgan fingerprint density at radius 3 is 2.17 bits per heavy atom. The van der Waals surface area contributed by atoms with E-state index in [1.807, 2.05) is 4.90 Å². The number of nitrogens with two attached hydrogens (primary N) is 1. The summed E-state index contributed by atoms with van der Waals surface area (Å²) in [6.45, 7) is 7.46. The summed E-state index contributed by atoms with van der Waals surface area (Å²) in [7, 11) is 0. The normalized spacial score (nSPS) is 15.6. The van der Waals surface area contributed by atoms with E-state index in [4.69, 9.17) is 5.73 Å². The molecule has 0 spiro atoms. The Morgan fingerprint density at radius 2 is 1.67 bits per heavy atom. The number of halogens is 3. The van der Waals surface area contributed by atoms with Gasteiger partial charge in [0.05, 0.1) is 11.3 Å². The first kappa shape index (κ1) is 22.0. The number of primary amides is 1. The number of piperazine rings is 1. The van der Waals surface area contributed by atoms with Crippen LogP contribution in [0, 0.1) is 0 Å². The van der Waals surface area contributed by atoms with Gasteiger partial charge in [-0.15, -0.1) is 0 Å². The molecule has 162 valence electrons. The topological polar surface area (TPSA) is 75.3 Å². The first-order chi connectivity index (χ1) is 14.2. The second-order valence-electron chi connectivity index (χ2n) is 7.37. The number of rotatable bonds is 6. The van der Waals surface area contributed by atoms with Crippen LogP contribution in [0.5, 0.6) is 0 Å². The molecule has 6 nitrogen and oxygen atoms in total. The van der Waals surface area contributed by atoms with Crippen LogP contribution in [0.15, 0.2) is 30.3 Å². The van der Waals surface area contributed by atoms with Gasteiger partial charge in [0.25, 0.3) is 5.91 Å².